The molecule has 1 saturated carbocycles. The fourth-order valence-electron chi connectivity index (χ4n) is 4.13. The van der Waals surface area contributed by atoms with Crippen LogP contribution in [0.1, 0.15) is 48.8 Å². The van der Waals surface area contributed by atoms with Gasteiger partial charge in [0.2, 0.25) is 0 Å². The van der Waals surface area contributed by atoms with Crippen molar-refractivity contribution in [3.63, 3.8) is 0 Å². The summed E-state index contributed by atoms with van der Waals surface area (Å²) in [4.78, 5) is 2.55. The van der Waals surface area contributed by atoms with E-state index >= 15 is 0 Å². The standard InChI is InChI=1S/C18H27FN2/c1-14-10-16(11-15(2)17(14)19)12-21-9-8-20-18(13-21)6-4-3-5-7-18/h10-11,20H,3-9,12-13H2,1-2H3. The molecule has 2 nitrogen and oxygen atoms in total. The Kier molecular flexibility index (Phi) is 4.32. The Morgan fingerprint density at radius 1 is 1.14 bits per heavy atom. The van der Waals surface area contributed by atoms with Crippen molar-refractivity contribution in [3.8, 4) is 0 Å². The van der Waals surface area contributed by atoms with Gasteiger partial charge in [0.15, 0.2) is 0 Å². The van der Waals surface area contributed by atoms with E-state index in [0.717, 1.165) is 37.3 Å². The summed E-state index contributed by atoms with van der Waals surface area (Å²) in [6, 6.07) is 4.02. The minimum absolute atomic E-state index is 0.0530. The number of nitrogens with one attached hydrogen (secondary N) is 1. The topological polar surface area (TPSA) is 15.3 Å². The van der Waals surface area contributed by atoms with E-state index in [2.05, 4.69) is 10.2 Å². The van der Waals surface area contributed by atoms with Gasteiger partial charge < -0.3 is 5.32 Å². The number of hydrogen-bond donors (Lipinski definition) is 1. The molecule has 1 aromatic carbocycles. The van der Waals surface area contributed by atoms with E-state index in [4.69, 9.17) is 0 Å². The molecule has 3 heteroatoms. The van der Waals surface area contributed by atoms with E-state index in [9.17, 15) is 4.39 Å². The summed E-state index contributed by atoms with van der Waals surface area (Å²) in [7, 11) is 0. The molecule has 1 aromatic rings. The van der Waals surface area contributed by atoms with Crippen LogP contribution in [-0.2, 0) is 6.54 Å². The summed E-state index contributed by atoms with van der Waals surface area (Å²) in [5, 5.41) is 3.78. The van der Waals surface area contributed by atoms with Crippen molar-refractivity contribution >= 4 is 0 Å². The minimum atomic E-state index is -0.0530. The van der Waals surface area contributed by atoms with Gasteiger partial charge in [0.05, 0.1) is 0 Å². The lowest BCUT2D eigenvalue weighted by atomic mass is 9.80. The quantitative estimate of drug-likeness (QED) is 0.896. The van der Waals surface area contributed by atoms with Gasteiger partial charge in [0.25, 0.3) is 0 Å². The first-order valence-electron chi connectivity index (χ1n) is 8.31. The van der Waals surface area contributed by atoms with Crippen molar-refractivity contribution in [3.05, 3.63) is 34.6 Å². The maximum Gasteiger partial charge on any atom is 0.129 e. The van der Waals surface area contributed by atoms with E-state index in [1.807, 2.05) is 26.0 Å². The van der Waals surface area contributed by atoms with Gasteiger partial charge in [-0.15, -0.1) is 0 Å². The van der Waals surface area contributed by atoms with Crippen molar-refractivity contribution in [2.45, 2.75) is 58.0 Å². The highest BCUT2D eigenvalue weighted by molar-refractivity contribution is 5.30. The Balaban J connectivity index is 1.70. The Bertz CT molecular complexity index is 477. The average Bonchev–Trinajstić information content (AvgIpc) is 2.45. The second-order valence-corrected chi connectivity index (χ2v) is 7.02. The summed E-state index contributed by atoms with van der Waals surface area (Å²) in [5.41, 5.74) is 3.14. The predicted octanol–water partition coefficient (Wildman–Crippen LogP) is 3.55. The highest BCUT2D eigenvalue weighted by Crippen LogP contribution is 2.31. The summed E-state index contributed by atoms with van der Waals surface area (Å²) in [6.45, 7) is 8.00. The molecular weight excluding hydrogens is 263 g/mol. The van der Waals surface area contributed by atoms with E-state index in [0.29, 0.717) is 5.54 Å². The Labute approximate surface area is 127 Å². The maximum absolute atomic E-state index is 13.8. The lowest BCUT2D eigenvalue weighted by Crippen LogP contribution is -2.60. The van der Waals surface area contributed by atoms with E-state index < -0.39 is 0 Å². The lowest BCUT2D eigenvalue weighted by Gasteiger charge is -2.46. The largest absolute Gasteiger partial charge is 0.309 e. The molecule has 1 saturated heterocycles. The molecule has 1 spiro atoms. The van der Waals surface area contributed by atoms with Crippen LogP contribution in [-0.4, -0.2) is 30.1 Å². The maximum atomic E-state index is 13.8. The number of hydrogen-bond acceptors (Lipinski definition) is 2. The number of halogens is 1. The molecule has 0 unspecified atom stereocenters. The normalized spacial score (nSPS) is 22.6. The first kappa shape index (κ1) is 15.0. The molecule has 21 heavy (non-hydrogen) atoms. The van der Waals surface area contributed by atoms with Crippen LogP contribution in [0, 0.1) is 19.7 Å². The zero-order valence-electron chi connectivity index (χ0n) is 13.3. The SMILES string of the molecule is Cc1cc(CN2CCNC3(CCCCC3)C2)cc(C)c1F. The molecule has 2 fully saturated rings. The van der Waals surface area contributed by atoms with Gasteiger partial charge in [0.1, 0.15) is 5.82 Å². The summed E-state index contributed by atoms with van der Waals surface area (Å²) >= 11 is 0. The summed E-state index contributed by atoms with van der Waals surface area (Å²) < 4.78 is 13.8. The van der Waals surface area contributed by atoms with Crippen LogP contribution in [0.25, 0.3) is 0 Å². The van der Waals surface area contributed by atoms with Crippen LogP contribution in [0.3, 0.4) is 0 Å². The highest BCUT2D eigenvalue weighted by atomic mass is 19.1. The molecule has 0 bridgehead atoms. The molecule has 1 N–H and O–H groups in total. The molecule has 1 aliphatic carbocycles. The molecular formula is C18H27FN2. The number of piperazine rings is 1. The minimum Gasteiger partial charge on any atom is -0.309 e. The van der Waals surface area contributed by atoms with Crippen LogP contribution in [0.15, 0.2) is 12.1 Å². The van der Waals surface area contributed by atoms with Gasteiger partial charge in [-0.25, -0.2) is 4.39 Å². The summed E-state index contributed by atoms with van der Waals surface area (Å²) in [5.74, 6) is -0.0530. The number of aryl methyl sites for hydroxylation is 2. The van der Waals surface area contributed by atoms with E-state index in [1.165, 1.54) is 37.7 Å². The van der Waals surface area contributed by atoms with Gasteiger partial charge in [-0.1, -0.05) is 31.4 Å². The van der Waals surface area contributed by atoms with Crippen LogP contribution < -0.4 is 5.32 Å². The molecule has 2 aliphatic rings. The highest BCUT2D eigenvalue weighted by Gasteiger charge is 2.35. The number of nitrogens with zero attached hydrogens (tertiary/aromatic N) is 1. The number of benzene rings is 1. The third kappa shape index (κ3) is 3.29. The Morgan fingerprint density at radius 2 is 1.81 bits per heavy atom. The molecule has 0 aromatic heterocycles. The van der Waals surface area contributed by atoms with Crippen LogP contribution in [0.5, 0.6) is 0 Å². The van der Waals surface area contributed by atoms with Crippen molar-refractivity contribution in [2.24, 2.45) is 0 Å². The van der Waals surface area contributed by atoms with E-state index in [-0.39, 0.29) is 5.82 Å². The van der Waals surface area contributed by atoms with Crippen molar-refractivity contribution in [2.75, 3.05) is 19.6 Å². The molecule has 3 rings (SSSR count). The zero-order chi connectivity index (χ0) is 14.9. The van der Waals surface area contributed by atoms with Crippen LogP contribution >= 0.6 is 0 Å². The Morgan fingerprint density at radius 3 is 2.48 bits per heavy atom. The zero-order valence-corrected chi connectivity index (χ0v) is 13.3. The monoisotopic (exact) mass is 290 g/mol. The molecule has 1 aliphatic heterocycles. The van der Waals surface area contributed by atoms with Gasteiger partial charge in [0, 0.05) is 31.7 Å². The second-order valence-electron chi connectivity index (χ2n) is 7.02. The first-order valence-corrected chi connectivity index (χ1v) is 8.31. The predicted molar refractivity (Wildman–Crippen MR) is 85.0 cm³/mol. The third-order valence-corrected chi connectivity index (χ3v) is 5.17. The Hall–Kier alpha value is -0.930. The van der Waals surface area contributed by atoms with Crippen LogP contribution in [0.2, 0.25) is 0 Å². The van der Waals surface area contributed by atoms with Gasteiger partial charge in [-0.05, 0) is 43.4 Å². The molecule has 1 heterocycles. The van der Waals surface area contributed by atoms with E-state index in [1.54, 1.807) is 0 Å². The van der Waals surface area contributed by atoms with Crippen molar-refractivity contribution in [1.29, 1.82) is 0 Å². The lowest BCUT2D eigenvalue weighted by molar-refractivity contribution is 0.0945. The summed E-state index contributed by atoms with van der Waals surface area (Å²) in [6.07, 6.45) is 6.72. The fourth-order valence-corrected chi connectivity index (χ4v) is 4.13. The molecule has 0 amide bonds. The van der Waals surface area contributed by atoms with Crippen molar-refractivity contribution in [1.82, 2.24) is 10.2 Å². The number of rotatable bonds is 2. The fraction of sp³-hybridized carbons (Fsp3) is 0.667. The molecule has 0 atom stereocenters. The molecule has 0 radical (unpaired) electrons. The molecule has 116 valence electrons. The van der Waals surface area contributed by atoms with Crippen molar-refractivity contribution < 1.29 is 4.39 Å². The smallest absolute Gasteiger partial charge is 0.129 e. The average molecular weight is 290 g/mol. The third-order valence-electron chi connectivity index (χ3n) is 5.17. The van der Waals surface area contributed by atoms with Crippen LogP contribution in [0.4, 0.5) is 4.39 Å². The van der Waals surface area contributed by atoms with Gasteiger partial charge in [-0.2, -0.15) is 0 Å². The van der Waals surface area contributed by atoms with Gasteiger partial charge in [-0.3, -0.25) is 4.90 Å². The second kappa shape index (κ2) is 6.05. The first-order chi connectivity index (χ1) is 10.1. The van der Waals surface area contributed by atoms with Gasteiger partial charge >= 0.3 is 0 Å².